The maximum Gasteiger partial charge on any atom is 0.245 e. The first-order chi connectivity index (χ1) is 9.91. The van der Waals surface area contributed by atoms with Crippen molar-refractivity contribution < 1.29 is 8.42 Å². The van der Waals surface area contributed by atoms with Crippen molar-refractivity contribution in [3.05, 3.63) is 24.3 Å². The van der Waals surface area contributed by atoms with Crippen molar-refractivity contribution in [1.29, 1.82) is 0 Å². The number of hydrogen-bond donors (Lipinski definition) is 1. The van der Waals surface area contributed by atoms with E-state index in [1.54, 1.807) is 28.6 Å². The molecule has 5 heteroatoms. The van der Waals surface area contributed by atoms with E-state index in [-0.39, 0.29) is 4.90 Å². The van der Waals surface area contributed by atoms with Crippen LogP contribution in [0.5, 0.6) is 0 Å². The topological polar surface area (TPSA) is 63.4 Å². The third-order valence-corrected chi connectivity index (χ3v) is 7.32. The quantitative estimate of drug-likeness (QED) is 0.854. The Kier molecular flexibility index (Phi) is 3.74. The molecule has 0 aromatic heterocycles. The Hall–Kier alpha value is -1.07. The van der Waals surface area contributed by atoms with Crippen molar-refractivity contribution in [1.82, 2.24) is 4.31 Å². The molecule has 1 saturated carbocycles. The molecule has 1 saturated heterocycles. The highest BCUT2D eigenvalue weighted by molar-refractivity contribution is 7.89. The fourth-order valence-electron chi connectivity index (χ4n) is 4.14. The van der Waals surface area contributed by atoms with Gasteiger partial charge in [0.1, 0.15) is 4.90 Å². The molecule has 4 atom stereocenters. The van der Waals surface area contributed by atoms with E-state index in [1.807, 2.05) is 0 Å². The van der Waals surface area contributed by atoms with Gasteiger partial charge in [-0.15, -0.1) is 0 Å². The number of rotatable bonds is 2. The highest BCUT2D eigenvalue weighted by Gasteiger charge is 2.44. The monoisotopic (exact) mass is 308 g/mol. The Bertz CT molecular complexity index is 629. The third-order valence-electron chi connectivity index (χ3n) is 5.41. The molecule has 3 rings (SSSR count). The van der Waals surface area contributed by atoms with Crippen molar-refractivity contribution in [3.63, 3.8) is 0 Å². The Morgan fingerprint density at radius 3 is 2.48 bits per heavy atom. The standard InChI is InChI=1S/C16H24N2O2S/c1-11-7-8-13-12(2)9-18(10-14(11)13)21(19,20)16-6-4-3-5-15(16)17/h3-6,11-14H,7-10,17H2,1-2H3/t11-,12-,13+,14+/m0/s1. The summed E-state index contributed by atoms with van der Waals surface area (Å²) in [6.45, 7) is 5.70. The van der Waals surface area contributed by atoms with E-state index in [0.29, 0.717) is 42.4 Å². The number of piperidine rings is 1. The molecule has 2 N–H and O–H groups in total. The van der Waals surface area contributed by atoms with Gasteiger partial charge in [-0.1, -0.05) is 32.4 Å². The predicted molar refractivity (Wildman–Crippen MR) is 84.2 cm³/mol. The lowest BCUT2D eigenvalue weighted by atomic mass is 9.79. The van der Waals surface area contributed by atoms with Gasteiger partial charge >= 0.3 is 0 Å². The Morgan fingerprint density at radius 1 is 1.05 bits per heavy atom. The van der Waals surface area contributed by atoms with Crippen molar-refractivity contribution in [2.45, 2.75) is 31.6 Å². The lowest BCUT2D eigenvalue weighted by Gasteiger charge is -2.40. The zero-order chi connectivity index (χ0) is 15.2. The van der Waals surface area contributed by atoms with Gasteiger partial charge in [0.2, 0.25) is 10.0 Å². The van der Waals surface area contributed by atoms with Crippen LogP contribution >= 0.6 is 0 Å². The first-order valence-electron chi connectivity index (χ1n) is 7.76. The van der Waals surface area contributed by atoms with Gasteiger partial charge in [0.25, 0.3) is 0 Å². The average Bonchev–Trinajstić information content (AvgIpc) is 2.81. The first-order valence-corrected chi connectivity index (χ1v) is 9.20. The number of nitrogens with two attached hydrogens (primary N) is 1. The van der Waals surface area contributed by atoms with Crippen LogP contribution in [0.3, 0.4) is 0 Å². The van der Waals surface area contributed by atoms with E-state index >= 15 is 0 Å². The van der Waals surface area contributed by atoms with Crippen LogP contribution in [0.2, 0.25) is 0 Å². The summed E-state index contributed by atoms with van der Waals surface area (Å²) < 4.78 is 27.4. The average molecular weight is 308 g/mol. The van der Waals surface area contributed by atoms with Crippen LogP contribution in [0, 0.1) is 23.7 Å². The van der Waals surface area contributed by atoms with Crippen LogP contribution in [-0.4, -0.2) is 25.8 Å². The molecule has 2 fully saturated rings. The molecule has 0 radical (unpaired) electrons. The lowest BCUT2D eigenvalue weighted by Crippen LogP contribution is -2.47. The van der Waals surface area contributed by atoms with Gasteiger partial charge in [-0.2, -0.15) is 4.31 Å². The van der Waals surface area contributed by atoms with Crippen molar-refractivity contribution >= 4 is 15.7 Å². The summed E-state index contributed by atoms with van der Waals surface area (Å²) in [7, 11) is -3.48. The summed E-state index contributed by atoms with van der Waals surface area (Å²) in [6, 6.07) is 6.76. The second-order valence-electron chi connectivity index (χ2n) is 6.72. The second-order valence-corrected chi connectivity index (χ2v) is 8.63. The minimum absolute atomic E-state index is 0.251. The number of hydrogen-bond acceptors (Lipinski definition) is 3. The molecule has 4 nitrogen and oxygen atoms in total. The molecule has 21 heavy (non-hydrogen) atoms. The predicted octanol–water partition coefficient (Wildman–Crippen LogP) is 2.57. The minimum atomic E-state index is -3.48. The zero-order valence-electron chi connectivity index (χ0n) is 12.7. The number of nitrogens with zero attached hydrogens (tertiary/aromatic N) is 1. The smallest absolute Gasteiger partial charge is 0.245 e. The largest absolute Gasteiger partial charge is 0.398 e. The molecule has 1 aromatic carbocycles. The summed E-state index contributed by atoms with van der Waals surface area (Å²) in [5.74, 6) is 2.21. The van der Waals surface area contributed by atoms with Gasteiger partial charge in [-0.25, -0.2) is 8.42 Å². The van der Waals surface area contributed by atoms with Crippen molar-refractivity contribution in [2.24, 2.45) is 23.7 Å². The fraction of sp³-hybridized carbons (Fsp3) is 0.625. The molecule has 0 spiro atoms. The van der Waals surface area contributed by atoms with Crippen LogP contribution in [0.1, 0.15) is 26.7 Å². The number of sulfonamides is 1. The van der Waals surface area contributed by atoms with Gasteiger partial charge in [0.05, 0.1) is 5.69 Å². The molecular formula is C16H24N2O2S. The van der Waals surface area contributed by atoms with E-state index in [0.717, 1.165) is 0 Å². The highest BCUT2D eigenvalue weighted by Crippen LogP contribution is 2.45. The van der Waals surface area contributed by atoms with Gasteiger partial charge in [-0.05, 0) is 42.2 Å². The second kappa shape index (κ2) is 5.29. The third kappa shape index (κ3) is 2.46. The summed E-state index contributed by atoms with van der Waals surface area (Å²) in [4.78, 5) is 0.251. The summed E-state index contributed by atoms with van der Waals surface area (Å²) in [5.41, 5.74) is 6.22. The number of para-hydroxylation sites is 1. The molecule has 0 amide bonds. The van der Waals surface area contributed by atoms with Gasteiger partial charge in [-0.3, -0.25) is 0 Å². The molecule has 0 bridgehead atoms. The zero-order valence-corrected chi connectivity index (χ0v) is 13.5. The van der Waals surface area contributed by atoms with Gasteiger partial charge < -0.3 is 5.73 Å². The normalized spacial score (nSPS) is 33.8. The molecule has 2 aliphatic rings. The highest BCUT2D eigenvalue weighted by atomic mass is 32.2. The van der Waals surface area contributed by atoms with E-state index in [1.165, 1.54) is 12.8 Å². The van der Waals surface area contributed by atoms with Crippen LogP contribution in [0.15, 0.2) is 29.2 Å². The Balaban J connectivity index is 1.92. The maximum atomic E-state index is 12.9. The minimum Gasteiger partial charge on any atom is -0.398 e. The van der Waals surface area contributed by atoms with E-state index in [4.69, 9.17) is 5.73 Å². The van der Waals surface area contributed by atoms with Crippen molar-refractivity contribution in [2.75, 3.05) is 18.8 Å². The Morgan fingerprint density at radius 2 is 1.76 bits per heavy atom. The van der Waals surface area contributed by atoms with Crippen LogP contribution < -0.4 is 5.73 Å². The SMILES string of the molecule is C[C@H]1CC[C@H]2[C@@H]1CN(S(=O)(=O)c1ccccc1N)C[C@@H]2C. The van der Waals surface area contributed by atoms with Gasteiger partial charge in [0, 0.05) is 13.1 Å². The fourth-order valence-corrected chi connectivity index (χ4v) is 5.84. The van der Waals surface area contributed by atoms with E-state index in [9.17, 15) is 8.42 Å². The number of nitrogen functional groups attached to an aromatic ring is 1. The molecular weight excluding hydrogens is 284 g/mol. The molecule has 1 heterocycles. The lowest BCUT2D eigenvalue weighted by molar-refractivity contribution is 0.128. The van der Waals surface area contributed by atoms with Crippen molar-refractivity contribution in [3.8, 4) is 0 Å². The molecule has 1 aromatic rings. The number of anilines is 1. The molecule has 0 unspecified atom stereocenters. The van der Waals surface area contributed by atoms with E-state index in [2.05, 4.69) is 13.8 Å². The number of benzene rings is 1. The van der Waals surface area contributed by atoms with Crippen LogP contribution in [-0.2, 0) is 10.0 Å². The summed E-state index contributed by atoms with van der Waals surface area (Å²) in [5, 5.41) is 0. The number of fused-ring (bicyclic) bond motifs is 1. The van der Waals surface area contributed by atoms with Crippen LogP contribution in [0.25, 0.3) is 0 Å². The maximum absolute atomic E-state index is 12.9. The molecule has 1 aliphatic heterocycles. The first kappa shape index (κ1) is 14.9. The molecule has 116 valence electrons. The Labute approximate surface area is 127 Å². The summed E-state index contributed by atoms with van der Waals surface area (Å²) >= 11 is 0. The molecule has 1 aliphatic carbocycles. The van der Waals surface area contributed by atoms with Crippen LogP contribution in [0.4, 0.5) is 5.69 Å². The van der Waals surface area contributed by atoms with Gasteiger partial charge in [0.15, 0.2) is 0 Å². The summed E-state index contributed by atoms with van der Waals surface area (Å²) in [6.07, 6.45) is 2.47. The van der Waals surface area contributed by atoms with E-state index < -0.39 is 10.0 Å².